The molecule has 6 heteroatoms. The van der Waals surface area contributed by atoms with Crippen molar-refractivity contribution in [2.75, 3.05) is 5.32 Å². The van der Waals surface area contributed by atoms with Gasteiger partial charge in [0.1, 0.15) is 18.2 Å². The van der Waals surface area contributed by atoms with Crippen LogP contribution in [0, 0.1) is 0 Å². The number of hydrogen-bond donors (Lipinski definition) is 1. The molecule has 0 amide bonds. The van der Waals surface area contributed by atoms with Gasteiger partial charge in [-0.15, -0.1) is 0 Å². The SMILES string of the molecule is Clc1ccc(COc2ccc(Cl)cc2CNc2ccccn2)c(Cl)c1. The Balaban J connectivity index is 1.72. The van der Waals surface area contributed by atoms with Crippen molar-refractivity contribution < 1.29 is 4.74 Å². The molecule has 0 unspecified atom stereocenters. The molecule has 0 fully saturated rings. The largest absolute Gasteiger partial charge is 0.488 e. The second-order valence-corrected chi connectivity index (χ2v) is 6.63. The smallest absolute Gasteiger partial charge is 0.126 e. The van der Waals surface area contributed by atoms with Crippen molar-refractivity contribution in [3.05, 3.63) is 87.0 Å². The molecule has 0 radical (unpaired) electrons. The van der Waals surface area contributed by atoms with Crippen LogP contribution in [-0.2, 0) is 13.2 Å². The molecule has 1 aromatic heterocycles. The summed E-state index contributed by atoms with van der Waals surface area (Å²) in [6, 6.07) is 16.6. The average molecular weight is 394 g/mol. The summed E-state index contributed by atoms with van der Waals surface area (Å²) in [5, 5.41) is 5.08. The quantitative estimate of drug-likeness (QED) is 0.539. The first-order valence-electron chi connectivity index (χ1n) is 7.62. The molecule has 0 aliphatic heterocycles. The standard InChI is InChI=1S/C19H15Cl3N2O/c20-15-6-7-18(25-12-13-4-5-16(21)10-17(13)22)14(9-15)11-24-19-3-1-2-8-23-19/h1-10H,11-12H2,(H,23,24). The van der Waals surface area contributed by atoms with Crippen LogP contribution in [0.3, 0.4) is 0 Å². The normalized spacial score (nSPS) is 10.5. The van der Waals surface area contributed by atoms with E-state index in [1.807, 2.05) is 36.4 Å². The lowest BCUT2D eigenvalue weighted by molar-refractivity contribution is 0.303. The van der Waals surface area contributed by atoms with Gasteiger partial charge >= 0.3 is 0 Å². The minimum atomic E-state index is 0.341. The number of anilines is 1. The molecule has 25 heavy (non-hydrogen) atoms. The van der Waals surface area contributed by atoms with Crippen LogP contribution in [0.5, 0.6) is 5.75 Å². The van der Waals surface area contributed by atoms with Gasteiger partial charge in [0.15, 0.2) is 0 Å². The van der Waals surface area contributed by atoms with Crippen molar-refractivity contribution in [1.82, 2.24) is 4.98 Å². The van der Waals surface area contributed by atoms with Crippen molar-refractivity contribution in [3.63, 3.8) is 0 Å². The van der Waals surface area contributed by atoms with Crippen LogP contribution in [0.4, 0.5) is 5.82 Å². The van der Waals surface area contributed by atoms with Gasteiger partial charge in [0, 0.05) is 38.9 Å². The van der Waals surface area contributed by atoms with E-state index < -0.39 is 0 Å². The van der Waals surface area contributed by atoms with E-state index in [4.69, 9.17) is 39.5 Å². The highest BCUT2D eigenvalue weighted by molar-refractivity contribution is 6.35. The van der Waals surface area contributed by atoms with Gasteiger partial charge in [0.2, 0.25) is 0 Å². The van der Waals surface area contributed by atoms with Crippen LogP contribution in [-0.4, -0.2) is 4.98 Å². The highest BCUT2D eigenvalue weighted by Crippen LogP contribution is 2.27. The fraction of sp³-hybridized carbons (Fsp3) is 0.105. The topological polar surface area (TPSA) is 34.1 Å². The lowest BCUT2D eigenvalue weighted by atomic mass is 10.2. The van der Waals surface area contributed by atoms with Gasteiger partial charge in [-0.2, -0.15) is 0 Å². The maximum atomic E-state index is 6.20. The van der Waals surface area contributed by atoms with E-state index in [1.165, 1.54) is 0 Å². The number of aromatic nitrogens is 1. The molecule has 0 atom stereocenters. The van der Waals surface area contributed by atoms with Crippen LogP contribution in [0.25, 0.3) is 0 Å². The van der Waals surface area contributed by atoms with E-state index in [1.54, 1.807) is 24.4 Å². The Morgan fingerprint density at radius 2 is 1.68 bits per heavy atom. The van der Waals surface area contributed by atoms with Gasteiger partial charge in [0.25, 0.3) is 0 Å². The minimum Gasteiger partial charge on any atom is -0.488 e. The van der Waals surface area contributed by atoms with Gasteiger partial charge in [-0.3, -0.25) is 0 Å². The molecule has 1 N–H and O–H groups in total. The first kappa shape index (κ1) is 17.9. The van der Waals surface area contributed by atoms with Gasteiger partial charge in [0.05, 0.1) is 0 Å². The molecule has 128 valence electrons. The fourth-order valence-corrected chi connectivity index (χ4v) is 2.93. The zero-order chi connectivity index (χ0) is 17.6. The van der Waals surface area contributed by atoms with Crippen LogP contribution in [0.15, 0.2) is 60.8 Å². The Labute approximate surface area is 161 Å². The summed E-state index contributed by atoms with van der Waals surface area (Å²) in [7, 11) is 0. The van der Waals surface area contributed by atoms with Gasteiger partial charge < -0.3 is 10.1 Å². The Bertz CT molecular complexity index is 857. The van der Waals surface area contributed by atoms with Crippen LogP contribution in [0.1, 0.15) is 11.1 Å². The Morgan fingerprint density at radius 3 is 2.44 bits per heavy atom. The molecule has 0 spiro atoms. The van der Waals surface area contributed by atoms with E-state index in [9.17, 15) is 0 Å². The fourth-order valence-electron chi connectivity index (χ4n) is 2.27. The van der Waals surface area contributed by atoms with Crippen LogP contribution < -0.4 is 10.1 Å². The monoisotopic (exact) mass is 392 g/mol. The van der Waals surface area contributed by atoms with E-state index >= 15 is 0 Å². The molecule has 2 aromatic carbocycles. The average Bonchev–Trinajstić information content (AvgIpc) is 2.61. The van der Waals surface area contributed by atoms with Crippen molar-refractivity contribution >= 4 is 40.6 Å². The number of benzene rings is 2. The lowest BCUT2D eigenvalue weighted by Gasteiger charge is -2.14. The van der Waals surface area contributed by atoms with Crippen LogP contribution >= 0.6 is 34.8 Å². The third kappa shape index (κ3) is 5.02. The number of nitrogens with zero attached hydrogens (tertiary/aromatic N) is 1. The first-order chi connectivity index (χ1) is 12.1. The van der Waals surface area contributed by atoms with Gasteiger partial charge in [-0.25, -0.2) is 4.98 Å². The summed E-state index contributed by atoms with van der Waals surface area (Å²) in [6.07, 6.45) is 1.74. The van der Waals surface area contributed by atoms with Gasteiger partial charge in [-0.05, 0) is 42.5 Å². The van der Waals surface area contributed by atoms with Gasteiger partial charge in [-0.1, -0.05) is 46.9 Å². The molecular formula is C19H15Cl3N2O. The highest BCUT2D eigenvalue weighted by Gasteiger charge is 2.08. The molecule has 0 saturated heterocycles. The molecule has 1 heterocycles. The van der Waals surface area contributed by atoms with Crippen molar-refractivity contribution in [2.45, 2.75) is 13.2 Å². The molecular weight excluding hydrogens is 379 g/mol. The molecule has 0 aliphatic rings. The maximum Gasteiger partial charge on any atom is 0.126 e. The molecule has 0 saturated carbocycles. The van der Waals surface area contributed by atoms with E-state index in [2.05, 4.69) is 10.3 Å². The zero-order valence-electron chi connectivity index (χ0n) is 13.2. The Hall–Kier alpha value is -1.94. The van der Waals surface area contributed by atoms with Crippen molar-refractivity contribution in [2.24, 2.45) is 0 Å². The lowest BCUT2D eigenvalue weighted by Crippen LogP contribution is -2.05. The predicted octanol–water partition coefficient (Wildman–Crippen LogP) is 6.23. The van der Waals surface area contributed by atoms with Crippen LogP contribution in [0.2, 0.25) is 15.1 Å². The van der Waals surface area contributed by atoms with E-state index in [-0.39, 0.29) is 0 Å². The molecule has 3 rings (SSSR count). The van der Waals surface area contributed by atoms with Crippen molar-refractivity contribution in [3.8, 4) is 5.75 Å². The summed E-state index contributed by atoms with van der Waals surface area (Å²) < 4.78 is 5.94. The summed E-state index contributed by atoms with van der Waals surface area (Å²) in [6.45, 7) is 0.884. The number of pyridine rings is 1. The Morgan fingerprint density at radius 1 is 0.880 bits per heavy atom. The second-order valence-electron chi connectivity index (χ2n) is 5.34. The number of rotatable bonds is 6. The number of halogens is 3. The summed E-state index contributed by atoms with van der Waals surface area (Å²) >= 11 is 18.2. The predicted molar refractivity (Wildman–Crippen MR) is 104 cm³/mol. The second kappa shape index (κ2) is 8.43. The number of nitrogens with one attached hydrogen (secondary N) is 1. The molecule has 3 nitrogen and oxygen atoms in total. The zero-order valence-corrected chi connectivity index (χ0v) is 15.4. The third-order valence-corrected chi connectivity index (χ3v) is 4.37. The first-order valence-corrected chi connectivity index (χ1v) is 8.75. The molecule has 0 aliphatic carbocycles. The van der Waals surface area contributed by atoms with E-state index in [0.29, 0.717) is 28.2 Å². The van der Waals surface area contributed by atoms with E-state index in [0.717, 1.165) is 22.7 Å². The summed E-state index contributed by atoms with van der Waals surface area (Å²) in [5.41, 5.74) is 1.80. The summed E-state index contributed by atoms with van der Waals surface area (Å²) in [5.74, 6) is 1.52. The number of ether oxygens (including phenoxy) is 1. The third-order valence-electron chi connectivity index (χ3n) is 3.55. The number of hydrogen-bond acceptors (Lipinski definition) is 3. The maximum absolute atomic E-state index is 6.20. The van der Waals surface area contributed by atoms with Crippen molar-refractivity contribution in [1.29, 1.82) is 0 Å². The summed E-state index contributed by atoms with van der Waals surface area (Å²) in [4.78, 5) is 4.24. The highest BCUT2D eigenvalue weighted by atomic mass is 35.5. The Kier molecular flexibility index (Phi) is 6.03. The minimum absolute atomic E-state index is 0.341. The molecule has 0 bridgehead atoms. The molecule has 3 aromatic rings.